The van der Waals surface area contributed by atoms with Gasteiger partial charge in [-0.2, -0.15) is 4.31 Å². The third kappa shape index (κ3) is 2.99. The predicted molar refractivity (Wildman–Crippen MR) is 86.2 cm³/mol. The lowest BCUT2D eigenvalue weighted by Crippen LogP contribution is -2.39. The molecule has 1 fully saturated rings. The Morgan fingerprint density at radius 3 is 2.64 bits per heavy atom. The van der Waals surface area contributed by atoms with E-state index in [1.165, 1.54) is 11.3 Å². The van der Waals surface area contributed by atoms with Crippen LogP contribution in [0.25, 0.3) is 0 Å². The van der Waals surface area contributed by atoms with Crippen LogP contribution in [0, 0.1) is 6.92 Å². The monoisotopic (exact) mass is 338 g/mol. The minimum absolute atomic E-state index is 0.0729. The van der Waals surface area contributed by atoms with Crippen molar-refractivity contribution < 1.29 is 8.42 Å². The molecule has 0 radical (unpaired) electrons. The largest absolute Gasteiger partial charge is 0.374 e. The normalized spacial score (nSPS) is 20.1. The first-order valence-corrected chi connectivity index (χ1v) is 9.38. The number of nitrogens with zero attached hydrogens (tertiary/aromatic N) is 3. The number of hydrogen-bond acceptors (Lipinski definition) is 6. The van der Waals surface area contributed by atoms with E-state index in [2.05, 4.69) is 10.2 Å². The van der Waals surface area contributed by atoms with Crippen molar-refractivity contribution in [2.24, 2.45) is 0 Å². The molecule has 2 heterocycles. The summed E-state index contributed by atoms with van der Waals surface area (Å²) >= 11 is 1.34. The Hall–Kier alpha value is -1.51. The number of aryl methyl sites for hydroxylation is 1. The highest BCUT2D eigenvalue weighted by atomic mass is 32.2. The van der Waals surface area contributed by atoms with Gasteiger partial charge in [-0.25, -0.2) is 8.42 Å². The molecule has 8 heteroatoms. The molecule has 3 rings (SSSR count). The Morgan fingerprint density at radius 1 is 1.27 bits per heavy atom. The first-order valence-electron chi connectivity index (χ1n) is 7.12. The molecule has 0 saturated carbocycles. The molecular weight excluding hydrogens is 320 g/mol. The van der Waals surface area contributed by atoms with Crippen LogP contribution in [0.4, 0.5) is 5.13 Å². The Labute approximate surface area is 134 Å². The van der Waals surface area contributed by atoms with E-state index in [1.807, 2.05) is 19.1 Å². The quantitative estimate of drug-likeness (QED) is 0.924. The van der Waals surface area contributed by atoms with Gasteiger partial charge in [-0.1, -0.05) is 29.0 Å². The molecule has 1 unspecified atom stereocenters. The number of nitrogen functional groups attached to an aromatic ring is 1. The molecule has 22 heavy (non-hydrogen) atoms. The summed E-state index contributed by atoms with van der Waals surface area (Å²) in [4.78, 5) is 0.343. The Kier molecular flexibility index (Phi) is 4.16. The van der Waals surface area contributed by atoms with Crippen LogP contribution in [0.5, 0.6) is 0 Å². The Balaban J connectivity index is 1.83. The number of anilines is 1. The lowest BCUT2D eigenvalue weighted by molar-refractivity contribution is 0.314. The van der Waals surface area contributed by atoms with Crippen molar-refractivity contribution in [2.45, 2.75) is 30.6 Å². The lowest BCUT2D eigenvalue weighted by Gasteiger charge is -2.30. The van der Waals surface area contributed by atoms with Crippen LogP contribution >= 0.6 is 11.3 Å². The lowest BCUT2D eigenvalue weighted by atomic mass is 10.0. The van der Waals surface area contributed by atoms with Crippen LogP contribution in [0.15, 0.2) is 29.2 Å². The van der Waals surface area contributed by atoms with Gasteiger partial charge in [0.1, 0.15) is 5.01 Å². The van der Waals surface area contributed by atoms with Gasteiger partial charge in [0.2, 0.25) is 15.2 Å². The van der Waals surface area contributed by atoms with Gasteiger partial charge < -0.3 is 5.73 Å². The van der Waals surface area contributed by atoms with Gasteiger partial charge in [0.25, 0.3) is 0 Å². The third-order valence-electron chi connectivity index (χ3n) is 3.85. The molecule has 0 bridgehead atoms. The summed E-state index contributed by atoms with van der Waals surface area (Å²) in [6, 6.07) is 6.97. The number of piperidine rings is 1. The number of nitrogens with two attached hydrogens (primary N) is 1. The first kappa shape index (κ1) is 15.4. The van der Waals surface area contributed by atoms with Crippen molar-refractivity contribution in [3.05, 3.63) is 34.8 Å². The van der Waals surface area contributed by atoms with Gasteiger partial charge in [-0.15, -0.1) is 10.2 Å². The second-order valence-corrected chi connectivity index (χ2v) is 8.47. The van der Waals surface area contributed by atoms with Crippen LogP contribution in [0.2, 0.25) is 0 Å². The van der Waals surface area contributed by atoms with Gasteiger partial charge in [0, 0.05) is 19.0 Å². The first-order chi connectivity index (χ1) is 10.5. The van der Waals surface area contributed by atoms with Crippen molar-refractivity contribution >= 4 is 26.5 Å². The molecule has 1 aromatic carbocycles. The van der Waals surface area contributed by atoms with E-state index < -0.39 is 10.0 Å². The van der Waals surface area contributed by atoms with Gasteiger partial charge in [-0.05, 0) is 31.9 Å². The van der Waals surface area contributed by atoms with Gasteiger partial charge in [-0.3, -0.25) is 0 Å². The molecule has 1 aromatic heterocycles. The van der Waals surface area contributed by atoms with Gasteiger partial charge in [0.15, 0.2) is 0 Å². The number of hydrogen-bond donors (Lipinski definition) is 1. The van der Waals surface area contributed by atoms with Crippen molar-refractivity contribution in [2.75, 3.05) is 18.8 Å². The average molecular weight is 338 g/mol. The topological polar surface area (TPSA) is 89.2 Å². The standard InChI is InChI=1S/C14H18N4O2S2/c1-10-4-6-12(7-5-10)22(19,20)18-8-2-3-11(9-18)13-16-17-14(15)21-13/h4-7,11H,2-3,8-9H2,1H3,(H2,15,17). The molecule has 1 aliphatic heterocycles. The second kappa shape index (κ2) is 5.94. The summed E-state index contributed by atoms with van der Waals surface area (Å²) in [5.74, 6) is 0.0729. The smallest absolute Gasteiger partial charge is 0.243 e. The van der Waals surface area contributed by atoms with Crippen molar-refractivity contribution in [1.82, 2.24) is 14.5 Å². The average Bonchev–Trinajstić information content (AvgIpc) is 2.94. The highest BCUT2D eigenvalue weighted by Gasteiger charge is 2.32. The fourth-order valence-corrected chi connectivity index (χ4v) is 4.89. The molecular formula is C14H18N4O2S2. The summed E-state index contributed by atoms with van der Waals surface area (Å²) < 4.78 is 27.0. The third-order valence-corrected chi connectivity index (χ3v) is 6.64. The number of sulfonamides is 1. The molecule has 118 valence electrons. The van der Waals surface area contributed by atoms with Crippen LogP contribution in [0.3, 0.4) is 0 Å². The molecule has 6 nitrogen and oxygen atoms in total. The maximum atomic E-state index is 12.7. The minimum Gasteiger partial charge on any atom is -0.374 e. The van der Waals surface area contributed by atoms with Crippen LogP contribution in [-0.4, -0.2) is 36.0 Å². The van der Waals surface area contributed by atoms with E-state index >= 15 is 0 Å². The van der Waals surface area contributed by atoms with Crippen LogP contribution in [-0.2, 0) is 10.0 Å². The maximum absolute atomic E-state index is 12.7. The maximum Gasteiger partial charge on any atom is 0.243 e. The van der Waals surface area contributed by atoms with Crippen molar-refractivity contribution in [1.29, 1.82) is 0 Å². The zero-order valence-electron chi connectivity index (χ0n) is 12.3. The van der Waals surface area contributed by atoms with Crippen molar-refractivity contribution in [3.8, 4) is 0 Å². The Morgan fingerprint density at radius 2 is 2.00 bits per heavy atom. The Bertz CT molecular complexity index is 755. The predicted octanol–water partition coefficient (Wildman–Crippen LogP) is 2.00. The highest BCUT2D eigenvalue weighted by molar-refractivity contribution is 7.89. The summed E-state index contributed by atoms with van der Waals surface area (Å²) in [6.07, 6.45) is 1.73. The molecule has 0 aliphatic carbocycles. The van der Waals surface area contributed by atoms with E-state index in [4.69, 9.17) is 5.73 Å². The molecule has 1 atom stereocenters. The fourth-order valence-electron chi connectivity index (χ4n) is 2.63. The SMILES string of the molecule is Cc1ccc(S(=O)(=O)N2CCCC(c3nnc(N)s3)C2)cc1. The molecule has 1 saturated heterocycles. The molecule has 0 amide bonds. The van der Waals surface area contributed by atoms with Crippen LogP contribution in [0.1, 0.15) is 29.3 Å². The highest BCUT2D eigenvalue weighted by Crippen LogP contribution is 2.32. The van der Waals surface area contributed by atoms with Crippen LogP contribution < -0.4 is 5.73 Å². The van der Waals surface area contributed by atoms with E-state index in [0.29, 0.717) is 23.1 Å². The number of rotatable bonds is 3. The van der Waals surface area contributed by atoms with E-state index in [1.54, 1.807) is 16.4 Å². The van der Waals surface area contributed by atoms with Crippen molar-refractivity contribution in [3.63, 3.8) is 0 Å². The van der Waals surface area contributed by atoms with Gasteiger partial charge in [0.05, 0.1) is 4.90 Å². The summed E-state index contributed by atoms with van der Waals surface area (Å²) in [5, 5.41) is 9.13. The molecule has 2 aromatic rings. The fraction of sp³-hybridized carbons (Fsp3) is 0.429. The zero-order chi connectivity index (χ0) is 15.7. The molecule has 1 aliphatic rings. The molecule has 0 spiro atoms. The van der Waals surface area contributed by atoms with Gasteiger partial charge >= 0.3 is 0 Å². The van der Waals surface area contributed by atoms with E-state index in [-0.39, 0.29) is 5.92 Å². The second-order valence-electron chi connectivity index (χ2n) is 5.49. The number of aromatic nitrogens is 2. The minimum atomic E-state index is -3.45. The summed E-state index contributed by atoms with van der Waals surface area (Å²) in [5.41, 5.74) is 6.67. The summed E-state index contributed by atoms with van der Waals surface area (Å²) in [6.45, 7) is 2.92. The number of benzene rings is 1. The zero-order valence-corrected chi connectivity index (χ0v) is 13.9. The van der Waals surface area contributed by atoms with E-state index in [9.17, 15) is 8.42 Å². The van der Waals surface area contributed by atoms with E-state index in [0.717, 1.165) is 23.4 Å². The molecule has 2 N–H and O–H groups in total. The summed E-state index contributed by atoms with van der Waals surface area (Å²) in [7, 11) is -3.45.